The summed E-state index contributed by atoms with van der Waals surface area (Å²) in [6, 6.07) is 4.18. The smallest absolute Gasteiger partial charge is 0.306 e. The molecular formula is C20H25Cl2FN3O5S+. The molecule has 176 valence electrons. The second-order valence-electron chi connectivity index (χ2n) is 7.24. The number of aryl methyl sites for hydroxylation is 2. The summed E-state index contributed by atoms with van der Waals surface area (Å²) in [5.74, 6) is -1.44. The number of hydrogen-bond donors (Lipinski definition) is 1. The first-order chi connectivity index (χ1) is 15.0. The normalized spacial score (nSPS) is 13.6. The zero-order valence-electron chi connectivity index (χ0n) is 17.6. The van der Waals surface area contributed by atoms with Gasteiger partial charge in [-0.1, -0.05) is 35.3 Å². The van der Waals surface area contributed by atoms with Crippen molar-refractivity contribution in [2.75, 3.05) is 12.9 Å². The predicted octanol–water partition coefficient (Wildman–Crippen LogP) is 2.04. The lowest BCUT2D eigenvalue weighted by Crippen LogP contribution is -2.44. The van der Waals surface area contributed by atoms with Crippen molar-refractivity contribution in [3.8, 4) is 0 Å². The number of imidazole rings is 1. The molecule has 12 heteroatoms. The Hall–Kier alpha value is -2.17. The van der Waals surface area contributed by atoms with E-state index in [1.165, 1.54) is 24.3 Å². The molecule has 1 aromatic heterocycles. The third-order valence-corrected chi connectivity index (χ3v) is 6.10. The van der Waals surface area contributed by atoms with E-state index in [1.54, 1.807) is 0 Å². The van der Waals surface area contributed by atoms with Gasteiger partial charge in [-0.25, -0.2) is 21.9 Å². The van der Waals surface area contributed by atoms with Crippen LogP contribution in [0, 0.1) is 0 Å². The van der Waals surface area contributed by atoms with Gasteiger partial charge in [0, 0.05) is 12.7 Å². The number of carbonyl (C=O) groups is 2. The average molecular weight is 509 g/mol. The van der Waals surface area contributed by atoms with E-state index in [4.69, 9.17) is 27.9 Å². The second-order valence-corrected chi connectivity index (χ2v) is 10.4. The fraction of sp³-hybridized carbons (Fsp3) is 0.450. The lowest BCUT2D eigenvalue weighted by molar-refractivity contribution is -0.671. The van der Waals surface area contributed by atoms with Crippen molar-refractivity contribution >= 4 is 44.9 Å². The largest absolute Gasteiger partial charge is 0.455 e. The van der Waals surface area contributed by atoms with Crippen molar-refractivity contribution < 1.29 is 31.7 Å². The maximum atomic E-state index is 13.8. The lowest BCUT2D eigenvalue weighted by atomic mass is 10.0. The molecule has 0 aliphatic rings. The Labute approximate surface area is 196 Å². The maximum absolute atomic E-state index is 13.8. The van der Waals surface area contributed by atoms with Crippen LogP contribution in [0.15, 0.2) is 47.9 Å². The first-order valence-electron chi connectivity index (χ1n) is 9.66. The summed E-state index contributed by atoms with van der Waals surface area (Å²) in [4.78, 5) is 23.0. The molecule has 0 saturated heterocycles. The van der Waals surface area contributed by atoms with Crippen LogP contribution in [0.2, 0.25) is 0 Å². The monoisotopic (exact) mass is 508 g/mol. The van der Waals surface area contributed by atoms with E-state index in [-0.39, 0.29) is 11.3 Å². The third-order valence-electron chi connectivity index (χ3n) is 4.57. The summed E-state index contributed by atoms with van der Waals surface area (Å²) < 4.78 is 46.5. The maximum Gasteiger partial charge on any atom is 0.306 e. The highest BCUT2D eigenvalue weighted by Crippen LogP contribution is 2.25. The molecule has 2 rings (SSSR count). The number of sulfone groups is 1. The van der Waals surface area contributed by atoms with E-state index < -0.39 is 45.4 Å². The molecular weight excluding hydrogens is 484 g/mol. The molecule has 0 bridgehead atoms. The molecule has 1 amide bonds. The molecule has 2 unspecified atom stereocenters. The molecule has 2 aromatic rings. The highest BCUT2D eigenvalue weighted by molar-refractivity contribution is 7.90. The quantitative estimate of drug-likeness (QED) is 0.284. The molecule has 0 spiro atoms. The van der Waals surface area contributed by atoms with Crippen LogP contribution in [-0.2, 0) is 37.8 Å². The van der Waals surface area contributed by atoms with E-state index in [0.29, 0.717) is 18.5 Å². The van der Waals surface area contributed by atoms with E-state index in [0.717, 1.165) is 6.26 Å². The summed E-state index contributed by atoms with van der Waals surface area (Å²) in [6.07, 6.45) is 5.97. The summed E-state index contributed by atoms with van der Waals surface area (Å²) in [7, 11) is -1.57. The zero-order valence-corrected chi connectivity index (χ0v) is 19.9. The van der Waals surface area contributed by atoms with Gasteiger partial charge in [-0.3, -0.25) is 9.59 Å². The summed E-state index contributed by atoms with van der Waals surface area (Å²) in [5, 5.41) is 2.32. The van der Waals surface area contributed by atoms with Gasteiger partial charge < -0.3 is 10.1 Å². The van der Waals surface area contributed by atoms with E-state index in [2.05, 4.69) is 5.32 Å². The highest BCUT2D eigenvalue weighted by Gasteiger charge is 2.30. The number of alkyl halides is 3. The number of benzene rings is 1. The molecule has 2 atom stereocenters. The minimum atomic E-state index is -3.45. The first-order valence-corrected chi connectivity index (χ1v) is 12.4. The number of rotatable bonds is 11. The number of carbonyl (C=O) groups excluding carboxylic acids is 2. The van der Waals surface area contributed by atoms with Gasteiger partial charge in [-0.05, 0) is 24.1 Å². The van der Waals surface area contributed by atoms with Crippen molar-refractivity contribution in [1.29, 1.82) is 0 Å². The lowest BCUT2D eigenvalue weighted by Gasteiger charge is -2.26. The molecule has 1 N–H and O–H groups in total. The van der Waals surface area contributed by atoms with Crippen LogP contribution in [0.25, 0.3) is 0 Å². The van der Waals surface area contributed by atoms with E-state index >= 15 is 0 Å². The number of esters is 1. The molecule has 1 aromatic carbocycles. The third kappa shape index (κ3) is 7.75. The number of nitrogens with zero attached hydrogens (tertiary/aromatic N) is 2. The van der Waals surface area contributed by atoms with Gasteiger partial charge in [0.1, 0.15) is 25.2 Å². The van der Waals surface area contributed by atoms with Crippen LogP contribution in [-0.4, -0.2) is 48.7 Å². The van der Waals surface area contributed by atoms with Gasteiger partial charge >= 0.3 is 5.97 Å². The van der Waals surface area contributed by atoms with Gasteiger partial charge in [-0.15, -0.1) is 0 Å². The van der Waals surface area contributed by atoms with Crippen LogP contribution in [0.1, 0.15) is 24.5 Å². The summed E-state index contributed by atoms with van der Waals surface area (Å²) >= 11 is 11.1. The van der Waals surface area contributed by atoms with Crippen molar-refractivity contribution in [3.05, 3.63) is 48.5 Å². The first kappa shape index (κ1) is 26.1. The Kier molecular flexibility index (Phi) is 9.47. The molecule has 0 radical (unpaired) electrons. The zero-order chi connectivity index (χ0) is 23.9. The number of hydrogen-bond acceptors (Lipinski definition) is 5. The Morgan fingerprint density at radius 3 is 2.41 bits per heavy atom. The topological polar surface area (TPSA) is 98.3 Å². The summed E-state index contributed by atoms with van der Waals surface area (Å²) in [6.45, 7) is -0.495. The van der Waals surface area contributed by atoms with E-state index in [1.807, 2.05) is 34.9 Å². The fourth-order valence-corrected chi connectivity index (χ4v) is 3.73. The number of nitrogens with one attached hydrogen (secondary N) is 1. The van der Waals surface area contributed by atoms with Crippen molar-refractivity contribution in [2.24, 2.45) is 7.05 Å². The molecule has 0 saturated carbocycles. The van der Waals surface area contributed by atoms with Crippen molar-refractivity contribution in [3.63, 3.8) is 0 Å². The van der Waals surface area contributed by atoms with E-state index in [9.17, 15) is 22.4 Å². The Morgan fingerprint density at radius 2 is 1.91 bits per heavy atom. The van der Waals surface area contributed by atoms with Gasteiger partial charge in [0.2, 0.25) is 6.33 Å². The Morgan fingerprint density at radius 1 is 1.25 bits per heavy atom. The Bertz CT molecular complexity index is 1030. The van der Waals surface area contributed by atoms with Crippen LogP contribution in [0.5, 0.6) is 0 Å². The summed E-state index contributed by atoms with van der Waals surface area (Å²) in [5.41, 5.74) is 0.312. The molecule has 0 aliphatic carbocycles. The minimum absolute atomic E-state index is 0.0497. The second kappa shape index (κ2) is 11.6. The van der Waals surface area contributed by atoms with Gasteiger partial charge in [-0.2, -0.15) is 0 Å². The molecule has 1 heterocycles. The number of amides is 1. The van der Waals surface area contributed by atoms with Crippen molar-refractivity contribution in [2.45, 2.75) is 41.3 Å². The average Bonchev–Trinajstić information content (AvgIpc) is 3.14. The molecule has 0 fully saturated rings. The number of ether oxygens (including phenoxy) is 1. The van der Waals surface area contributed by atoms with Gasteiger partial charge in [0.15, 0.2) is 14.7 Å². The SMILES string of the molecule is C[n+]1ccn(CCCC(=O)OC(c2ccc(S(C)(=O)=O)cc2)C(CF)NC(=O)C(Cl)Cl)c1. The van der Waals surface area contributed by atoms with Crippen molar-refractivity contribution in [1.82, 2.24) is 9.88 Å². The molecule has 32 heavy (non-hydrogen) atoms. The van der Waals surface area contributed by atoms with Crippen LogP contribution < -0.4 is 9.88 Å². The van der Waals surface area contributed by atoms with Crippen LogP contribution >= 0.6 is 23.2 Å². The van der Waals surface area contributed by atoms with Gasteiger partial charge in [0.25, 0.3) is 5.91 Å². The molecule has 0 aliphatic heterocycles. The van der Waals surface area contributed by atoms with Crippen LogP contribution in [0.3, 0.4) is 0 Å². The standard InChI is InChI=1S/C20H24Cl2FN3O5S/c1-25-10-11-26(13-25)9-3-4-17(27)31-18(16(12-23)24-20(28)19(21)22)14-5-7-15(8-6-14)32(2,29)30/h5-8,10-11,13,16,18-19H,3-4,9,12H2,1-2H3/p+1. The highest BCUT2D eigenvalue weighted by atomic mass is 35.5. The predicted molar refractivity (Wildman–Crippen MR) is 117 cm³/mol. The van der Waals surface area contributed by atoms with Gasteiger partial charge in [0.05, 0.1) is 24.5 Å². The Balaban J connectivity index is 2.16. The number of halogens is 3. The number of aromatic nitrogens is 2. The molecule has 8 nitrogen and oxygen atoms in total. The fourth-order valence-electron chi connectivity index (χ4n) is 2.97. The van der Waals surface area contributed by atoms with Crippen LogP contribution in [0.4, 0.5) is 4.39 Å². The minimum Gasteiger partial charge on any atom is -0.455 e.